The van der Waals surface area contributed by atoms with Gasteiger partial charge in [-0.1, -0.05) is 66.5 Å². The highest BCUT2D eigenvalue weighted by atomic mass is 35.5. The fraction of sp³-hybridized carbons (Fsp3) is 0.176. The largest absolute Gasteiger partial charge is 0.378 e. The number of carbonyl (C=O) groups is 1. The lowest BCUT2D eigenvalue weighted by molar-refractivity contribution is -0.129. The van der Waals surface area contributed by atoms with Crippen LogP contribution in [0.25, 0.3) is 0 Å². The predicted molar refractivity (Wildman–Crippen MR) is 92.8 cm³/mol. The number of benzene rings is 2. The molecule has 0 spiro atoms. The second-order valence-corrected chi connectivity index (χ2v) is 5.67. The first-order valence-corrected chi connectivity index (χ1v) is 7.83. The third-order valence-corrected chi connectivity index (χ3v) is 3.79. The molecule has 0 aliphatic heterocycles. The summed E-state index contributed by atoms with van der Waals surface area (Å²) in [6.45, 7) is 1.89. The maximum atomic E-state index is 12.0. The van der Waals surface area contributed by atoms with Crippen molar-refractivity contribution < 1.29 is 9.90 Å². The van der Waals surface area contributed by atoms with E-state index in [0.29, 0.717) is 33.3 Å². The van der Waals surface area contributed by atoms with E-state index in [-0.39, 0.29) is 0 Å². The van der Waals surface area contributed by atoms with Crippen LogP contribution < -0.4 is 5.43 Å². The first-order chi connectivity index (χ1) is 11.0. The fourth-order valence-corrected chi connectivity index (χ4v) is 2.54. The van der Waals surface area contributed by atoms with Crippen molar-refractivity contribution in [3.63, 3.8) is 0 Å². The zero-order valence-electron chi connectivity index (χ0n) is 12.5. The third kappa shape index (κ3) is 4.55. The van der Waals surface area contributed by atoms with Crippen molar-refractivity contribution in [2.45, 2.75) is 19.4 Å². The van der Waals surface area contributed by atoms with Crippen LogP contribution in [0.15, 0.2) is 53.6 Å². The number of hydrazone groups is 1. The molecule has 2 aromatic carbocycles. The van der Waals surface area contributed by atoms with Gasteiger partial charge in [0.1, 0.15) is 0 Å². The summed E-state index contributed by atoms with van der Waals surface area (Å²) in [7, 11) is 0. The predicted octanol–water partition coefficient (Wildman–Crippen LogP) is 3.96. The van der Waals surface area contributed by atoms with Crippen LogP contribution in [0.2, 0.25) is 10.0 Å². The number of nitrogens with one attached hydrogen (secondary N) is 1. The van der Waals surface area contributed by atoms with Gasteiger partial charge in [0.05, 0.1) is 10.7 Å². The van der Waals surface area contributed by atoms with Crippen molar-refractivity contribution in [3.8, 4) is 0 Å². The summed E-state index contributed by atoms with van der Waals surface area (Å²) >= 11 is 12.0. The number of aliphatic hydroxyl groups is 1. The number of hydrogen-bond acceptors (Lipinski definition) is 3. The van der Waals surface area contributed by atoms with Crippen LogP contribution in [0.3, 0.4) is 0 Å². The van der Waals surface area contributed by atoms with Crippen LogP contribution in [0, 0.1) is 0 Å². The van der Waals surface area contributed by atoms with E-state index in [1.54, 1.807) is 42.5 Å². The van der Waals surface area contributed by atoms with Gasteiger partial charge in [-0.3, -0.25) is 4.79 Å². The Morgan fingerprint density at radius 2 is 1.91 bits per heavy atom. The fourth-order valence-electron chi connectivity index (χ4n) is 2.02. The zero-order chi connectivity index (χ0) is 16.8. The van der Waals surface area contributed by atoms with Crippen LogP contribution in [-0.4, -0.2) is 16.7 Å². The van der Waals surface area contributed by atoms with Crippen molar-refractivity contribution in [2.75, 3.05) is 0 Å². The van der Waals surface area contributed by atoms with Crippen molar-refractivity contribution in [1.82, 2.24) is 5.43 Å². The van der Waals surface area contributed by atoms with Crippen molar-refractivity contribution in [3.05, 3.63) is 69.7 Å². The SMILES string of the molecule is CCC(=NNC(=O)C(O)c1ccccc1)c1ccc(Cl)cc1Cl. The Bertz CT molecular complexity index is 718. The Balaban J connectivity index is 2.14. The van der Waals surface area contributed by atoms with Crippen molar-refractivity contribution in [2.24, 2.45) is 5.10 Å². The summed E-state index contributed by atoms with van der Waals surface area (Å²) in [6, 6.07) is 13.7. The lowest BCUT2D eigenvalue weighted by Gasteiger charge is -2.11. The summed E-state index contributed by atoms with van der Waals surface area (Å²) in [5.41, 5.74) is 4.17. The van der Waals surface area contributed by atoms with Gasteiger partial charge in [-0.25, -0.2) is 5.43 Å². The van der Waals surface area contributed by atoms with Crippen LogP contribution in [-0.2, 0) is 4.79 Å². The number of halogens is 2. The normalized spacial score (nSPS) is 12.8. The molecule has 1 unspecified atom stereocenters. The van der Waals surface area contributed by atoms with Gasteiger partial charge < -0.3 is 5.11 Å². The van der Waals surface area contributed by atoms with Crippen LogP contribution >= 0.6 is 23.2 Å². The molecule has 1 amide bonds. The standard InChI is InChI=1S/C17H16Cl2N2O2/c1-2-15(13-9-8-12(18)10-14(13)19)20-21-17(23)16(22)11-6-4-3-5-7-11/h3-10,16,22H,2H2,1H3,(H,21,23). The van der Waals surface area contributed by atoms with Gasteiger partial charge in [-0.15, -0.1) is 0 Å². The van der Waals surface area contributed by atoms with Crippen LogP contribution in [0.5, 0.6) is 0 Å². The molecule has 0 aromatic heterocycles. The molecule has 0 heterocycles. The number of hydrogen-bond donors (Lipinski definition) is 2. The van der Waals surface area contributed by atoms with Gasteiger partial charge in [0, 0.05) is 10.6 Å². The summed E-state index contributed by atoms with van der Waals surface area (Å²) in [5.74, 6) is -0.604. The molecule has 0 aliphatic carbocycles. The molecule has 4 nitrogen and oxygen atoms in total. The van der Waals surface area contributed by atoms with E-state index in [1.165, 1.54) is 0 Å². The Kier molecular flexibility index (Phi) is 6.16. The van der Waals surface area contributed by atoms with E-state index in [0.717, 1.165) is 0 Å². The molecule has 2 rings (SSSR count). The first kappa shape index (κ1) is 17.5. The quantitative estimate of drug-likeness (QED) is 0.633. The van der Waals surface area contributed by atoms with Crippen LogP contribution in [0.1, 0.15) is 30.6 Å². The molecule has 6 heteroatoms. The Labute approximate surface area is 144 Å². The van der Waals surface area contributed by atoms with Gasteiger partial charge in [0.2, 0.25) is 0 Å². The number of aliphatic hydroxyl groups excluding tert-OH is 1. The van der Waals surface area contributed by atoms with Crippen molar-refractivity contribution >= 4 is 34.8 Å². The van der Waals surface area contributed by atoms with E-state index in [2.05, 4.69) is 10.5 Å². The summed E-state index contributed by atoms with van der Waals surface area (Å²) < 4.78 is 0. The highest BCUT2D eigenvalue weighted by molar-refractivity contribution is 6.37. The lowest BCUT2D eigenvalue weighted by Crippen LogP contribution is -2.26. The third-order valence-electron chi connectivity index (χ3n) is 3.24. The Morgan fingerprint density at radius 1 is 1.22 bits per heavy atom. The molecule has 2 N–H and O–H groups in total. The number of amides is 1. The topological polar surface area (TPSA) is 61.7 Å². The molecule has 0 radical (unpaired) electrons. The van der Waals surface area contributed by atoms with Crippen molar-refractivity contribution in [1.29, 1.82) is 0 Å². The highest BCUT2D eigenvalue weighted by Gasteiger charge is 2.17. The molecule has 120 valence electrons. The highest BCUT2D eigenvalue weighted by Crippen LogP contribution is 2.22. The number of carbonyl (C=O) groups excluding carboxylic acids is 1. The van der Waals surface area contributed by atoms with E-state index < -0.39 is 12.0 Å². The van der Waals surface area contributed by atoms with Gasteiger partial charge >= 0.3 is 0 Å². The first-order valence-electron chi connectivity index (χ1n) is 7.07. The second-order valence-electron chi connectivity index (χ2n) is 4.83. The monoisotopic (exact) mass is 350 g/mol. The Morgan fingerprint density at radius 3 is 2.52 bits per heavy atom. The summed E-state index contributed by atoms with van der Waals surface area (Å²) in [5, 5.41) is 15.1. The molecule has 0 saturated carbocycles. The van der Waals surface area contributed by atoms with Gasteiger partial charge in [-0.2, -0.15) is 5.10 Å². The van der Waals surface area contributed by atoms with E-state index >= 15 is 0 Å². The van der Waals surface area contributed by atoms with Gasteiger partial charge in [0.25, 0.3) is 5.91 Å². The molecule has 0 aliphatic rings. The molecule has 0 fully saturated rings. The number of rotatable bonds is 5. The molecule has 23 heavy (non-hydrogen) atoms. The smallest absolute Gasteiger partial charge is 0.273 e. The zero-order valence-corrected chi connectivity index (χ0v) is 14.0. The van der Waals surface area contributed by atoms with E-state index in [1.807, 2.05) is 13.0 Å². The van der Waals surface area contributed by atoms with E-state index in [4.69, 9.17) is 23.2 Å². The molecule has 1 atom stereocenters. The minimum Gasteiger partial charge on any atom is -0.378 e. The molecular formula is C17H16Cl2N2O2. The Hall–Kier alpha value is -1.88. The molecule has 0 bridgehead atoms. The average molecular weight is 351 g/mol. The van der Waals surface area contributed by atoms with Gasteiger partial charge in [0.15, 0.2) is 6.10 Å². The van der Waals surface area contributed by atoms with Crippen LogP contribution in [0.4, 0.5) is 0 Å². The second kappa shape index (κ2) is 8.11. The molecular weight excluding hydrogens is 335 g/mol. The van der Waals surface area contributed by atoms with Gasteiger partial charge in [-0.05, 0) is 24.1 Å². The molecule has 0 saturated heterocycles. The molecule has 2 aromatic rings. The lowest BCUT2D eigenvalue weighted by atomic mass is 10.1. The summed E-state index contributed by atoms with van der Waals surface area (Å²) in [6.07, 6.45) is -0.720. The average Bonchev–Trinajstić information content (AvgIpc) is 2.56. The summed E-state index contributed by atoms with van der Waals surface area (Å²) in [4.78, 5) is 12.0. The number of nitrogens with zero attached hydrogens (tertiary/aromatic N) is 1. The minimum absolute atomic E-state index is 0.455. The maximum Gasteiger partial charge on any atom is 0.273 e. The van der Waals surface area contributed by atoms with E-state index in [9.17, 15) is 9.90 Å². The maximum absolute atomic E-state index is 12.0. The minimum atomic E-state index is -1.28.